The lowest BCUT2D eigenvalue weighted by molar-refractivity contribution is -0.120. The molecule has 1 aromatic heterocycles. The maximum atomic E-state index is 12.8. The van der Waals surface area contributed by atoms with E-state index >= 15 is 0 Å². The number of halogens is 1. The van der Waals surface area contributed by atoms with Crippen molar-refractivity contribution in [2.24, 2.45) is 5.73 Å². The van der Waals surface area contributed by atoms with Gasteiger partial charge in [-0.1, -0.05) is 30.3 Å². The fourth-order valence-electron chi connectivity index (χ4n) is 3.13. The number of alkyl halides is 1. The molecule has 0 aliphatic heterocycles. The highest BCUT2D eigenvalue weighted by molar-refractivity contribution is 6.17. The first-order valence-corrected chi connectivity index (χ1v) is 9.75. The van der Waals surface area contributed by atoms with Crippen LogP contribution in [0.5, 0.6) is 0 Å². The van der Waals surface area contributed by atoms with E-state index in [2.05, 4.69) is 5.32 Å². The van der Waals surface area contributed by atoms with E-state index in [1.807, 2.05) is 31.2 Å². The van der Waals surface area contributed by atoms with Gasteiger partial charge in [0.05, 0.1) is 5.92 Å². The number of carbonyl (C=O) groups excluding carboxylic acids is 2. The number of hydrogen-bond donors (Lipinski definition) is 2. The first-order valence-electron chi connectivity index (χ1n) is 9.22. The molecule has 3 rings (SSSR count). The van der Waals surface area contributed by atoms with Gasteiger partial charge in [0.2, 0.25) is 11.8 Å². The zero-order valence-electron chi connectivity index (χ0n) is 16.2. The Kier molecular flexibility index (Phi) is 6.03. The molecule has 3 aromatic rings. The predicted molar refractivity (Wildman–Crippen MR) is 115 cm³/mol. The van der Waals surface area contributed by atoms with Gasteiger partial charge in [0.25, 0.3) is 5.56 Å². The third kappa shape index (κ3) is 4.17. The van der Waals surface area contributed by atoms with Crippen molar-refractivity contribution >= 4 is 39.9 Å². The average molecular weight is 412 g/mol. The van der Waals surface area contributed by atoms with E-state index in [1.54, 1.807) is 31.2 Å². The van der Waals surface area contributed by atoms with Crippen LogP contribution < -0.4 is 16.6 Å². The number of aromatic nitrogens is 1. The molecule has 1 heterocycles. The summed E-state index contributed by atoms with van der Waals surface area (Å²) >= 11 is 5.81. The fourth-order valence-corrected chi connectivity index (χ4v) is 3.31. The number of anilines is 1. The van der Waals surface area contributed by atoms with Crippen molar-refractivity contribution in [1.29, 1.82) is 0 Å². The number of nitrogens with zero attached hydrogens (tertiary/aromatic N) is 1. The van der Waals surface area contributed by atoms with E-state index in [9.17, 15) is 14.4 Å². The number of hydrogen-bond acceptors (Lipinski definition) is 3. The topological polar surface area (TPSA) is 94.2 Å². The van der Waals surface area contributed by atoms with Crippen LogP contribution in [0.4, 0.5) is 5.69 Å². The SMILES string of the molecule is C[C@H](C(=O)Nc1cccc2c(=O)n([C@@H](C)C(N)=O)ccc12)c1ccc(CCl)cc1. The molecular formula is C22H22ClN3O3. The summed E-state index contributed by atoms with van der Waals surface area (Å²) in [6, 6.07) is 13.6. The van der Waals surface area contributed by atoms with Crippen LogP contribution in [0.2, 0.25) is 0 Å². The zero-order valence-corrected chi connectivity index (χ0v) is 16.9. The molecule has 29 heavy (non-hydrogen) atoms. The summed E-state index contributed by atoms with van der Waals surface area (Å²) in [5, 5.41) is 3.91. The molecule has 2 amide bonds. The number of primary amides is 1. The smallest absolute Gasteiger partial charge is 0.259 e. The summed E-state index contributed by atoms with van der Waals surface area (Å²) in [7, 11) is 0. The van der Waals surface area contributed by atoms with Crippen LogP contribution in [0.1, 0.15) is 36.9 Å². The molecule has 0 fully saturated rings. The molecule has 2 aromatic carbocycles. The van der Waals surface area contributed by atoms with Crippen molar-refractivity contribution in [3.8, 4) is 0 Å². The van der Waals surface area contributed by atoms with Gasteiger partial charge in [-0.05, 0) is 43.2 Å². The second-order valence-electron chi connectivity index (χ2n) is 6.96. The zero-order chi connectivity index (χ0) is 21.1. The predicted octanol–water partition coefficient (Wildman–Crippen LogP) is 3.53. The number of pyridine rings is 1. The highest BCUT2D eigenvalue weighted by atomic mass is 35.5. The van der Waals surface area contributed by atoms with Gasteiger partial charge in [0, 0.05) is 28.5 Å². The van der Waals surface area contributed by atoms with E-state index in [4.69, 9.17) is 17.3 Å². The van der Waals surface area contributed by atoms with Gasteiger partial charge in [-0.15, -0.1) is 11.6 Å². The molecule has 0 bridgehead atoms. The third-order valence-electron chi connectivity index (χ3n) is 5.09. The average Bonchev–Trinajstić information content (AvgIpc) is 2.73. The first kappa shape index (κ1) is 20.6. The molecule has 7 heteroatoms. The van der Waals surface area contributed by atoms with E-state index < -0.39 is 11.9 Å². The lowest BCUT2D eigenvalue weighted by Gasteiger charge is -2.16. The van der Waals surface area contributed by atoms with Crippen molar-refractivity contribution in [3.05, 3.63) is 76.2 Å². The van der Waals surface area contributed by atoms with Gasteiger partial charge in [0.1, 0.15) is 6.04 Å². The molecular weight excluding hydrogens is 390 g/mol. The summed E-state index contributed by atoms with van der Waals surface area (Å²) in [5.74, 6) is -0.747. The Morgan fingerprint density at radius 3 is 2.38 bits per heavy atom. The summed E-state index contributed by atoms with van der Waals surface area (Å²) in [4.78, 5) is 37.0. The van der Waals surface area contributed by atoms with Crippen LogP contribution in [0.3, 0.4) is 0 Å². The van der Waals surface area contributed by atoms with Crippen LogP contribution in [-0.4, -0.2) is 16.4 Å². The van der Waals surface area contributed by atoms with Crippen LogP contribution in [0.25, 0.3) is 10.8 Å². The van der Waals surface area contributed by atoms with E-state index in [0.717, 1.165) is 11.1 Å². The minimum absolute atomic E-state index is 0.189. The molecule has 0 unspecified atom stereocenters. The minimum Gasteiger partial charge on any atom is -0.368 e. The Morgan fingerprint density at radius 2 is 1.76 bits per heavy atom. The molecule has 0 saturated carbocycles. The van der Waals surface area contributed by atoms with Gasteiger partial charge in [-0.2, -0.15) is 0 Å². The van der Waals surface area contributed by atoms with Gasteiger partial charge in [-0.25, -0.2) is 0 Å². The monoisotopic (exact) mass is 411 g/mol. The molecule has 0 spiro atoms. The molecule has 2 atom stereocenters. The third-order valence-corrected chi connectivity index (χ3v) is 5.40. The van der Waals surface area contributed by atoms with Crippen LogP contribution >= 0.6 is 11.6 Å². The van der Waals surface area contributed by atoms with Crippen LogP contribution in [0, 0.1) is 0 Å². The largest absolute Gasteiger partial charge is 0.368 e. The number of nitrogens with two attached hydrogens (primary N) is 1. The quantitative estimate of drug-likeness (QED) is 0.607. The Bertz CT molecular complexity index is 1120. The van der Waals surface area contributed by atoms with Crippen molar-refractivity contribution in [2.45, 2.75) is 31.7 Å². The molecule has 0 saturated heterocycles. The van der Waals surface area contributed by atoms with Gasteiger partial charge < -0.3 is 15.6 Å². The highest BCUT2D eigenvalue weighted by Gasteiger charge is 2.18. The van der Waals surface area contributed by atoms with Gasteiger partial charge in [-0.3, -0.25) is 14.4 Å². The second kappa shape index (κ2) is 8.49. The van der Waals surface area contributed by atoms with E-state index in [-0.39, 0.29) is 17.4 Å². The highest BCUT2D eigenvalue weighted by Crippen LogP contribution is 2.24. The van der Waals surface area contributed by atoms with Crippen molar-refractivity contribution in [1.82, 2.24) is 4.57 Å². The van der Waals surface area contributed by atoms with Gasteiger partial charge in [0.15, 0.2) is 0 Å². The molecule has 3 N–H and O–H groups in total. The number of nitrogens with one attached hydrogen (secondary N) is 1. The number of benzene rings is 2. The molecule has 0 aliphatic carbocycles. The van der Waals surface area contributed by atoms with Crippen molar-refractivity contribution < 1.29 is 9.59 Å². The lowest BCUT2D eigenvalue weighted by Crippen LogP contribution is -2.31. The number of rotatable bonds is 6. The maximum absolute atomic E-state index is 12.8. The summed E-state index contributed by atoms with van der Waals surface area (Å²) in [5.41, 5.74) is 7.37. The molecule has 0 aliphatic rings. The maximum Gasteiger partial charge on any atom is 0.259 e. The summed E-state index contributed by atoms with van der Waals surface area (Å²) in [6.07, 6.45) is 1.52. The Morgan fingerprint density at radius 1 is 1.07 bits per heavy atom. The van der Waals surface area contributed by atoms with E-state index in [0.29, 0.717) is 22.3 Å². The second-order valence-corrected chi connectivity index (χ2v) is 7.23. The number of carbonyl (C=O) groups is 2. The minimum atomic E-state index is -0.763. The van der Waals surface area contributed by atoms with Gasteiger partial charge >= 0.3 is 0 Å². The van der Waals surface area contributed by atoms with Crippen molar-refractivity contribution in [2.75, 3.05) is 5.32 Å². The first-order chi connectivity index (χ1) is 13.8. The Balaban J connectivity index is 1.91. The number of amides is 2. The lowest BCUT2D eigenvalue weighted by atomic mass is 9.99. The summed E-state index contributed by atoms with van der Waals surface area (Å²) in [6.45, 7) is 3.38. The summed E-state index contributed by atoms with van der Waals surface area (Å²) < 4.78 is 1.29. The van der Waals surface area contributed by atoms with Crippen LogP contribution in [0.15, 0.2) is 59.5 Å². The standard InChI is InChI=1S/C22H22ClN3O3/c1-13(16-8-6-15(12-23)7-9-16)21(28)25-19-5-3-4-18-17(19)10-11-26(22(18)29)14(2)20(24)27/h3-11,13-14H,12H2,1-2H3,(H2,24,27)(H,25,28)/t13-,14-/m0/s1. The van der Waals surface area contributed by atoms with E-state index in [1.165, 1.54) is 10.8 Å². The Labute approximate surface area is 173 Å². The van der Waals surface area contributed by atoms with Crippen LogP contribution in [-0.2, 0) is 15.5 Å². The molecule has 150 valence electrons. The number of fused-ring (bicyclic) bond motifs is 1. The Hall–Kier alpha value is -3.12. The van der Waals surface area contributed by atoms with Crippen molar-refractivity contribution in [3.63, 3.8) is 0 Å². The normalized spacial score (nSPS) is 13.1. The fraction of sp³-hybridized carbons (Fsp3) is 0.227. The molecule has 0 radical (unpaired) electrons. The molecule has 6 nitrogen and oxygen atoms in total.